The number of morpholine rings is 1. The summed E-state index contributed by atoms with van der Waals surface area (Å²) in [6.45, 7) is 13.9. The number of nitrogens with zero attached hydrogens (tertiary/aromatic N) is 1. The second-order valence-corrected chi connectivity index (χ2v) is 6.30. The molecular formula is C14H30N2O. The number of nitrogens with two attached hydrogens (primary N) is 1. The molecule has 3 atom stereocenters. The first kappa shape index (κ1) is 14.9. The smallest absolute Gasteiger partial charge is 0.0678 e. The Kier molecular flexibility index (Phi) is 5.42. The van der Waals surface area contributed by atoms with E-state index in [0.717, 1.165) is 25.6 Å². The Bertz CT molecular complexity index is 222. The van der Waals surface area contributed by atoms with E-state index >= 15 is 0 Å². The Morgan fingerprint density at radius 1 is 1.29 bits per heavy atom. The fourth-order valence-electron chi connectivity index (χ4n) is 2.61. The Hall–Kier alpha value is -0.120. The zero-order chi connectivity index (χ0) is 13.1. The highest BCUT2D eigenvalue weighted by molar-refractivity contribution is 4.91. The highest BCUT2D eigenvalue weighted by Crippen LogP contribution is 2.26. The molecule has 1 saturated heterocycles. The summed E-state index contributed by atoms with van der Waals surface area (Å²) in [5.74, 6) is 0.747. The molecule has 1 fully saturated rings. The quantitative estimate of drug-likeness (QED) is 0.803. The van der Waals surface area contributed by atoms with Gasteiger partial charge in [0.2, 0.25) is 0 Å². The van der Waals surface area contributed by atoms with Crippen LogP contribution in [0.4, 0.5) is 0 Å². The number of rotatable bonds is 5. The molecule has 1 aliphatic heterocycles. The molecule has 0 aromatic rings. The summed E-state index contributed by atoms with van der Waals surface area (Å²) in [5.41, 5.74) is 6.17. The lowest BCUT2D eigenvalue weighted by molar-refractivity contribution is -0.0994. The van der Waals surface area contributed by atoms with Crippen molar-refractivity contribution >= 4 is 0 Å². The van der Waals surface area contributed by atoms with Crippen LogP contribution in [-0.4, -0.2) is 42.3 Å². The van der Waals surface area contributed by atoms with Gasteiger partial charge in [-0.15, -0.1) is 0 Å². The number of hydrogen-bond acceptors (Lipinski definition) is 3. The van der Waals surface area contributed by atoms with E-state index in [0.29, 0.717) is 12.2 Å². The molecule has 0 aromatic heterocycles. The molecule has 0 aromatic carbocycles. The largest absolute Gasteiger partial charge is 0.373 e. The fraction of sp³-hybridized carbons (Fsp3) is 1.00. The van der Waals surface area contributed by atoms with Gasteiger partial charge in [0.1, 0.15) is 0 Å². The van der Waals surface area contributed by atoms with Crippen molar-refractivity contribution < 1.29 is 4.74 Å². The van der Waals surface area contributed by atoms with Crippen LogP contribution in [0.1, 0.15) is 47.5 Å². The molecule has 2 N–H and O–H groups in total. The average Bonchev–Trinajstić information content (AvgIpc) is 2.24. The molecule has 0 bridgehead atoms. The molecule has 1 heterocycles. The van der Waals surface area contributed by atoms with Gasteiger partial charge in [0.05, 0.1) is 12.2 Å². The normalized spacial score (nSPS) is 30.5. The van der Waals surface area contributed by atoms with Crippen molar-refractivity contribution in [3.8, 4) is 0 Å². The van der Waals surface area contributed by atoms with Crippen LogP contribution in [0.2, 0.25) is 0 Å². The minimum Gasteiger partial charge on any atom is -0.373 e. The molecule has 3 heteroatoms. The van der Waals surface area contributed by atoms with Gasteiger partial charge in [-0.1, -0.05) is 13.8 Å². The van der Waals surface area contributed by atoms with E-state index in [1.54, 1.807) is 0 Å². The zero-order valence-electron chi connectivity index (χ0n) is 12.2. The van der Waals surface area contributed by atoms with Gasteiger partial charge in [0, 0.05) is 25.2 Å². The molecule has 0 radical (unpaired) electrons. The van der Waals surface area contributed by atoms with E-state index in [-0.39, 0.29) is 5.54 Å². The van der Waals surface area contributed by atoms with E-state index < -0.39 is 0 Å². The maximum atomic E-state index is 6.03. The van der Waals surface area contributed by atoms with Gasteiger partial charge in [-0.05, 0) is 39.5 Å². The van der Waals surface area contributed by atoms with Gasteiger partial charge in [-0.3, -0.25) is 4.90 Å². The number of ether oxygens (including phenoxy) is 1. The Morgan fingerprint density at radius 2 is 1.82 bits per heavy atom. The van der Waals surface area contributed by atoms with Crippen LogP contribution in [0.25, 0.3) is 0 Å². The van der Waals surface area contributed by atoms with E-state index in [1.165, 1.54) is 12.8 Å². The third-order valence-corrected chi connectivity index (χ3v) is 3.88. The molecule has 0 spiro atoms. The molecule has 0 aliphatic carbocycles. The van der Waals surface area contributed by atoms with Crippen molar-refractivity contribution in [2.45, 2.75) is 65.2 Å². The Morgan fingerprint density at radius 3 is 2.24 bits per heavy atom. The van der Waals surface area contributed by atoms with Crippen molar-refractivity contribution in [1.82, 2.24) is 4.90 Å². The van der Waals surface area contributed by atoms with E-state index in [4.69, 9.17) is 10.5 Å². The van der Waals surface area contributed by atoms with Crippen molar-refractivity contribution in [3.63, 3.8) is 0 Å². The first-order valence-electron chi connectivity index (χ1n) is 6.98. The molecule has 17 heavy (non-hydrogen) atoms. The fourth-order valence-corrected chi connectivity index (χ4v) is 2.61. The van der Waals surface area contributed by atoms with Crippen molar-refractivity contribution in [1.29, 1.82) is 0 Å². The molecule has 3 unspecified atom stereocenters. The molecule has 1 aliphatic rings. The summed E-state index contributed by atoms with van der Waals surface area (Å²) >= 11 is 0. The lowest BCUT2D eigenvalue weighted by atomic mass is 9.89. The second-order valence-electron chi connectivity index (χ2n) is 6.30. The van der Waals surface area contributed by atoms with E-state index in [9.17, 15) is 0 Å². The number of hydrogen-bond donors (Lipinski definition) is 1. The van der Waals surface area contributed by atoms with Gasteiger partial charge in [-0.2, -0.15) is 0 Å². The highest BCUT2D eigenvalue weighted by Gasteiger charge is 2.35. The monoisotopic (exact) mass is 242 g/mol. The SMILES string of the molecule is CC(C)CCC(C)(CN)N1CC(C)OC(C)C1. The van der Waals surface area contributed by atoms with Crippen LogP contribution >= 0.6 is 0 Å². The van der Waals surface area contributed by atoms with Gasteiger partial charge < -0.3 is 10.5 Å². The third-order valence-electron chi connectivity index (χ3n) is 3.88. The summed E-state index contributed by atoms with van der Waals surface area (Å²) in [6, 6.07) is 0. The Balaban J connectivity index is 2.63. The minimum absolute atomic E-state index is 0.135. The molecule has 0 saturated carbocycles. The van der Waals surface area contributed by atoms with Gasteiger partial charge in [-0.25, -0.2) is 0 Å². The van der Waals surface area contributed by atoms with Crippen LogP contribution in [0.5, 0.6) is 0 Å². The summed E-state index contributed by atoms with van der Waals surface area (Å²) < 4.78 is 5.80. The molecule has 1 rings (SSSR count). The van der Waals surface area contributed by atoms with Gasteiger partial charge in [0.15, 0.2) is 0 Å². The lowest BCUT2D eigenvalue weighted by Crippen LogP contribution is -2.59. The van der Waals surface area contributed by atoms with Crippen LogP contribution in [0.15, 0.2) is 0 Å². The highest BCUT2D eigenvalue weighted by atomic mass is 16.5. The van der Waals surface area contributed by atoms with Crippen LogP contribution < -0.4 is 5.73 Å². The average molecular weight is 242 g/mol. The van der Waals surface area contributed by atoms with E-state index in [1.807, 2.05) is 0 Å². The third kappa shape index (κ3) is 4.23. The summed E-state index contributed by atoms with van der Waals surface area (Å²) in [5, 5.41) is 0. The van der Waals surface area contributed by atoms with Crippen molar-refractivity contribution in [2.75, 3.05) is 19.6 Å². The van der Waals surface area contributed by atoms with E-state index in [2.05, 4.69) is 39.5 Å². The van der Waals surface area contributed by atoms with Crippen molar-refractivity contribution in [3.05, 3.63) is 0 Å². The first-order valence-corrected chi connectivity index (χ1v) is 6.98. The summed E-state index contributed by atoms with van der Waals surface area (Å²) in [4.78, 5) is 2.54. The topological polar surface area (TPSA) is 38.5 Å². The van der Waals surface area contributed by atoms with Crippen molar-refractivity contribution in [2.24, 2.45) is 11.7 Å². The maximum Gasteiger partial charge on any atom is 0.0678 e. The van der Waals surface area contributed by atoms with Gasteiger partial charge >= 0.3 is 0 Å². The van der Waals surface area contributed by atoms with Crippen LogP contribution in [0, 0.1) is 5.92 Å². The molecule has 102 valence electrons. The second kappa shape index (κ2) is 6.17. The summed E-state index contributed by atoms with van der Waals surface area (Å²) in [7, 11) is 0. The predicted molar refractivity (Wildman–Crippen MR) is 73.1 cm³/mol. The van der Waals surface area contributed by atoms with Crippen LogP contribution in [0.3, 0.4) is 0 Å². The minimum atomic E-state index is 0.135. The predicted octanol–water partition coefficient (Wildman–Crippen LogP) is 2.25. The molecule has 3 nitrogen and oxygen atoms in total. The maximum absolute atomic E-state index is 6.03. The molecular weight excluding hydrogens is 212 g/mol. The Labute approximate surface area is 107 Å². The molecule has 0 amide bonds. The summed E-state index contributed by atoms with van der Waals surface area (Å²) in [6.07, 6.45) is 3.07. The lowest BCUT2D eigenvalue weighted by Gasteiger charge is -2.46. The van der Waals surface area contributed by atoms with Crippen LogP contribution in [-0.2, 0) is 4.74 Å². The van der Waals surface area contributed by atoms with Gasteiger partial charge in [0.25, 0.3) is 0 Å². The standard InChI is InChI=1S/C14H30N2O/c1-11(2)6-7-14(5,10-15)16-8-12(3)17-13(4)9-16/h11-13H,6-10,15H2,1-5H3. The first-order chi connectivity index (χ1) is 7.87. The zero-order valence-corrected chi connectivity index (χ0v) is 12.2.